The number of anilines is 1. The lowest BCUT2D eigenvalue weighted by Gasteiger charge is -2.33. The summed E-state index contributed by atoms with van der Waals surface area (Å²) >= 11 is 0. The number of ether oxygens (including phenoxy) is 1. The van der Waals surface area contributed by atoms with Crippen LogP contribution in [0, 0.1) is 6.92 Å². The van der Waals surface area contributed by atoms with Crippen LogP contribution in [0.1, 0.15) is 49.7 Å². The van der Waals surface area contributed by atoms with Crippen molar-refractivity contribution >= 4 is 18.0 Å². The van der Waals surface area contributed by atoms with Gasteiger partial charge < -0.3 is 20.1 Å². The SMILES string of the molecule is Cc1nc(N2CCC[C@@H](NC(=O)OC(C)(C)C)C2)ncc1C(=O)O. The molecular weight excluding hydrogens is 312 g/mol. The predicted octanol–water partition coefficient (Wildman–Crippen LogP) is 1.98. The molecule has 1 aromatic heterocycles. The van der Waals surface area contributed by atoms with Crippen molar-refractivity contribution in [1.82, 2.24) is 15.3 Å². The summed E-state index contributed by atoms with van der Waals surface area (Å²) in [6.45, 7) is 8.43. The number of hydrogen-bond acceptors (Lipinski definition) is 6. The van der Waals surface area contributed by atoms with Crippen molar-refractivity contribution in [3.05, 3.63) is 17.5 Å². The first-order valence-electron chi connectivity index (χ1n) is 7.97. The number of alkyl carbamates (subject to hydrolysis) is 1. The number of carboxylic acid groups (broad SMARTS) is 1. The standard InChI is InChI=1S/C16H24N4O4/c1-10-12(13(21)22)8-17-14(18-10)20-7-5-6-11(9-20)19-15(23)24-16(2,3)4/h8,11H,5-7,9H2,1-4H3,(H,19,23)(H,21,22)/t11-/m1/s1. The molecule has 0 aromatic carbocycles. The van der Waals surface area contributed by atoms with E-state index in [-0.39, 0.29) is 11.6 Å². The molecule has 0 spiro atoms. The molecule has 2 N–H and O–H groups in total. The van der Waals surface area contributed by atoms with E-state index >= 15 is 0 Å². The van der Waals surface area contributed by atoms with Gasteiger partial charge in [0.05, 0.1) is 11.3 Å². The molecule has 1 aliphatic heterocycles. The monoisotopic (exact) mass is 336 g/mol. The summed E-state index contributed by atoms with van der Waals surface area (Å²) in [4.78, 5) is 33.3. The van der Waals surface area contributed by atoms with Crippen LogP contribution in [-0.4, -0.2) is 51.9 Å². The van der Waals surface area contributed by atoms with E-state index in [9.17, 15) is 9.59 Å². The van der Waals surface area contributed by atoms with E-state index in [1.165, 1.54) is 6.20 Å². The fourth-order valence-corrected chi connectivity index (χ4v) is 2.57. The fourth-order valence-electron chi connectivity index (χ4n) is 2.57. The van der Waals surface area contributed by atoms with Gasteiger partial charge in [0.2, 0.25) is 5.95 Å². The molecule has 0 unspecified atom stereocenters. The molecule has 1 fully saturated rings. The zero-order chi connectivity index (χ0) is 17.9. The molecule has 0 aliphatic carbocycles. The second kappa shape index (κ2) is 7.02. The number of amides is 1. The highest BCUT2D eigenvalue weighted by Crippen LogP contribution is 2.18. The minimum atomic E-state index is -1.04. The number of nitrogens with zero attached hydrogens (tertiary/aromatic N) is 3. The lowest BCUT2D eigenvalue weighted by molar-refractivity contribution is 0.0499. The summed E-state index contributed by atoms with van der Waals surface area (Å²) in [6.07, 6.45) is 2.61. The number of nitrogens with one attached hydrogen (secondary N) is 1. The third-order valence-corrected chi connectivity index (χ3v) is 3.62. The van der Waals surface area contributed by atoms with Crippen molar-refractivity contribution in [1.29, 1.82) is 0 Å². The largest absolute Gasteiger partial charge is 0.478 e. The Hall–Kier alpha value is -2.38. The molecule has 0 bridgehead atoms. The molecule has 8 nitrogen and oxygen atoms in total. The highest BCUT2D eigenvalue weighted by molar-refractivity contribution is 5.88. The van der Waals surface area contributed by atoms with E-state index in [0.717, 1.165) is 19.4 Å². The Morgan fingerprint density at radius 2 is 2.12 bits per heavy atom. The molecule has 1 amide bonds. The number of hydrogen-bond donors (Lipinski definition) is 2. The van der Waals surface area contributed by atoms with Gasteiger partial charge in [0.15, 0.2) is 0 Å². The van der Waals surface area contributed by atoms with Gasteiger partial charge in [-0.3, -0.25) is 0 Å². The van der Waals surface area contributed by atoms with Crippen LogP contribution in [0.5, 0.6) is 0 Å². The van der Waals surface area contributed by atoms with E-state index in [4.69, 9.17) is 9.84 Å². The number of aromatic nitrogens is 2. The fraction of sp³-hybridized carbons (Fsp3) is 0.625. The Bertz CT molecular complexity index is 627. The van der Waals surface area contributed by atoms with Gasteiger partial charge in [-0.1, -0.05) is 0 Å². The van der Waals surface area contributed by atoms with Gasteiger partial charge in [-0.05, 0) is 40.5 Å². The van der Waals surface area contributed by atoms with E-state index in [1.807, 2.05) is 25.7 Å². The van der Waals surface area contributed by atoms with Crippen LogP contribution >= 0.6 is 0 Å². The normalized spacial score (nSPS) is 18.2. The maximum Gasteiger partial charge on any atom is 0.407 e. The van der Waals surface area contributed by atoms with Crippen LogP contribution < -0.4 is 10.2 Å². The highest BCUT2D eigenvalue weighted by atomic mass is 16.6. The Kier molecular flexibility index (Phi) is 5.26. The molecular formula is C16H24N4O4. The zero-order valence-electron chi connectivity index (χ0n) is 14.5. The van der Waals surface area contributed by atoms with E-state index in [0.29, 0.717) is 18.2 Å². The van der Waals surface area contributed by atoms with Crippen molar-refractivity contribution in [2.45, 2.75) is 52.2 Å². The summed E-state index contributed by atoms with van der Waals surface area (Å²) in [7, 11) is 0. The van der Waals surface area contributed by atoms with Crippen LogP contribution in [0.2, 0.25) is 0 Å². The first-order valence-corrected chi connectivity index (χ1v) is 7.97. The summed E-state index contributed by atoms with van der Waals surface area (Å²) < 4.78 is 5.28. The molecule has 8 heteroatoms. The quantitative estimate of drug-likeness (QED) is 0.869. The molecule has 1 aliphatic rings. The second-order valence-electron chi connectivity index (χ2n) is 6.91. The van der Waals surface area contributed by atoms with Gasteiger partial charge in [-0.15, -0.1) is 0 Å². The highest BCUT2D eigenvalue weighted by Gasteiger charge is 2.26. The molecule has 2 rings (SSSR count). The molecule has 1 aromatic rings. The van der Waals surface area contributed by atoms with Gasteiger partial charge in [0.1, 0.15) is 5.60 Å². The molecule has 0 radical (unpaired) electrons. The van der Waals surface area contributed by atoms with Gasteiger partial charge in [0.25, 0.3) is 0 Å². The first-order chi connectivity index (χ1) is 11.2. The van der Waals surface area contributed by atoms with Gasteiger partial charge >= 0.3 is 12.1 Å². The smallest absolute Gasteiger partial charge is 0.407 e. The van der Waals surface area contributed by atoms with Crippen molar-refractivity contribution in [2.24, 2.45) is 0 Å². The minimum absolute atomic E-state index is 0.0587. The summed E-state index contributed by atoms with van der Waals surface area (Å²) in [5.74, 6) is -0.560. The predicted molar refractivity (Wildman–Crippen MR) is 88.3 cm³/mol. The average molecular weight is 336 g/mol. The summed E-state index contributed by atoms with van der Waals surface area (Å²) in [5, 5.41) is 11.9. The molecule has 0 saturated carbocycles. The topological polar surface area (TPSA) is 105 Å². The third kappa shape index (κ3) is 4.81. The van der Waals surface area contributed by atoms with Gasteiger partial charge in [0, 0.05) is 25.3 Å². The lowest BCUT2D eigenvalue weighted by Crippen LogP contribution is -2.49. The zero-order valence-corrected chi connectivity index (χ0v) is 14.5. The van der Waals surface area contributed by atoms with Crippen LogP contribution in [0.3, 0.4) is 0 Å². The average Bonchev–Trinajstić information content (AvgIpc) is 2.44. The van der Waals surface area contributed by atoms with Gasteiger partial charge in [-0.2, -0.15) is 0 Å². The minimum Gasteiger partial charge on any atom is -0.478 e. The lowest BCUT2D eigenvalue weighted by atomic mass is 10.1. The number of carbonyl (C=O) groups is 2. The van der Waals surface area contributed by atoms with Crippen molar-refractivity contribution < 1.29 is 19.4 Å². The molecule has 24 heavy (non-hydrogen) atoms. The molecule has 132 valence electrons. The summed E-state index contributed by atoms with van der Waals surface area (Å²) in [6, 6.07) is -0.0587. The van der Waals surface area contributed by atoms with E-state index in [2.05, 4.69) is 15.3 Å². The number of aryl methyl sites for hydroxylation is 1. The van der Waals surface area contributed by atoms with Crippen LogP contribution in [-0.2, 0) is 4.74 Å². The first kappa shape index (κ1) is 18.0. The van der Waals surface area contributed by atoms with Crippen LogP contribution in [0.15, 0.2) is 6.20 Å². The van der Waals surface area contributed by atoms with Crippen LogP contribution in [0.4, 0.5) is 10.7 Å². The number of carbonyl (C=O) groups excluding carboxylic acids is 1. The third-order valence-electron chi connectivity index (χ3n) is 3.62. The Morgan fingerprint density at radius 3 is 2.71 bits per heavy atom. The molecule has 1 atom stereocenters. The maximum absolute atomic E-state index is 11.9. The number of rotatable bonds is 3. The Balaban J connectivity index is 2.01. The number of piperidine rings is 1. The molecule has 2 heterocycles. The van der Waals surface area contributed by atoms with Crippen molar-refractivity contribution in [2.75, 3.05) is 18.0 Å². The summed E-state index contributed by atoms with van der Waals surface area (Å²) in [5.41, 5.74) is -0.0142. The van der Waals surface area contributed by atoms with Gasteiger partial charge in [-0.25, -0.2) is 19.6 Å². The molecule has 1 saturated heterocycles. The Morgan fingerprint density at radius 1 is 1.42 bits per heavy atom. The van der Waals surface area contributed by atoms with Crippen LogP contribution in [0.25, 0.3) is 0 Å². The van der Waals surface area contributed by atoms with Crippen molar-refractivity contribution in [3.63, 3.8) is 0 Å². The van der Waals surface area contributed by atoms with Crippen molar-refractivity contribution in [3.8, 4) is 0 Å². The number of carboxylic acids is 1. The second-order valence-corrected chi connectivity index (χ2v) is 6.91. The van der Waals surface area contributed by atoms with E-state index < -0.39 is 17.7 Å². The van der Waals surface area contributed by atoms with E-state index in [1.54, 1.807) is 6.92 Å². The maximum atomic E-state index is 11.9. The Labute approximate surface area is 141 Å². The number of aromatic carboxylic acids is 1.